The quantitative estimate of drug-likeness (QED) is 0.775. The van der Waals surface area contributed by atoms with Crippen LogP contribution in [0.2, 0.25) is 0 Å². The molecule has 0 aromatic heterocycles. The van der Waals surface area contributed by atoms with Crippen molar-refractivity contribution in [3.8, 4) is 0 Å². The maximum absolute atomic E-state index is 6.17. The summed E-state index contributed by atoms with van der Waals surface area (Å²) in [6, 6.07) is 0.570. The van der Waals surface area contributed by atoms with Crippen molar-refractivity contribution in [1.82, 2.24) is 5.32 Å². The maximum Gasteiger partial charge on any atom is 0.0806 e. The molecule has 2 nitrogen and oxygen atoms in total. The van der Waals surface area contributed by atoms with Crippen LogP contribution in [0.4, 0.5) is 0 Å². The third-order valence-electron chi connectivity index (χ3n) is 4.92. The Bertz CT molecular complexity index is 229. The minimum atomic E-state index is 0.0933. The second-order valence-electron chi connectivity index (χ2n) is 6.51. The highest BCUT2D eigenvalue weighted by molar-refractivity contribution is 4.93. The van der Waals surface area contributed by atoms with E-state index in [0.717, 1.165) is 19.1 Å². The molecule has 2 fully saturated rings. The first-order valence-corrected chi connectivity index (χ1v) is 8.12. The first-order valence-electron chi connectivity index (χ1n) is 8.12. The molecular formula is C16H31NO. The molecule has 0 radical (unpaired) electrons. The summed E-state index contributed by atoms with van der Waals surface area (Å²) >= 11 is 0. The molecular weight excluding hydrogens is 222 g/mol. The van der Waals surface area contributed by atoms with Gasteiger partial charge in [-0.15, -0.1) is 0 Å². The smallest absolute Gasteiger partial charge is 0.0806 e. The van der Waals surface area contributed by atoms with Gasteiger partial charge in [-0.3, -0.25) is 0 Å². The van der Waals surface area contributed by atoms with Crippen molar-refractivity contribution in [2.24, 2.45) is 5.92 Å². The molecule has 0 aromatic rings. The summed E-state index contributed by atoms with van der Waals surface area (Å²) in [7, 11) is 0. The van der Waals surface area contributed by atoms with E-state index in [0.29, 0.717) is 6.04 Å². The van der Waals surface area contributed by atoms with Gasteiger partial charge < -0.3 is 10.1 Å². The Morgan fingerprint density at radius 2 is 2.00 bits per heavy atom. The Morgan fingerprint density at radius 3 is 2.61 bits per heavy atom. The van der Waals surface area contributed by atoms with Gasteiger partial charge >= 0.3 is 0 Å². The molecule has 2 heteroatoms. The van der Waals surface area contributed by atoms with E-state index in [-0.39, 0.29) is 5.60 Å². The van der Waals surface area contributed by atoms with Gasteiger partial charge in [0.25, 0.3) is 0 Å². The molecule has 2 aliphatic rings. The van der Waals surface area contributed by atoms with Crippen LogP contribution in [-0.4, -0.2) is 24.8 Å². The SMILES string of the molecule is CCCNC(CC1CCCC1)C1(C)CCCCO1. The van der Waals surface area contributed by atoms with Crippen molar-refractivity contribution in [3.63, 3.8) is 0 Å². The van der Waals surface area contributed by atoms with Crippen LogP contribution in [0, 0.1) is 5.92 Å². The van der Waals surface area contributed by atoms with Gasteiger partial charge in [0.2, 0.25) is 0 Å². The molecule has 1 aliphatic heterocycles. The molecule has 1 heterocycles. The molecule has 1 saturated heterocycles. The first kappa shape index (κ1) is 14.3. The van der Waals surface area contributed by atoms with Gasteiger partial charge in [-0.1, -0.05) is 32.6 Å². The second-order valence-corrected chi connectivity index (χ2v) is 6.51. The Balaban J connectivity index is 1.93. The number of nitrogens with one attached hydrogen (secondary N) is 1. The van der Waals surface area contributed by atoms with Gasteiger partial charge in [-0.25, -0.2) is 0 Å². The summed E-state index contributed by atoms with van der Waals surface area (Å²) < 4.78 is 6.17. The molecule has 0 bridgehead atoms. The minimum Gasteiger partial charge on any atom is -0.374 e. The van der Waals surface area contributed by atoms with Crippen LogP contribution in [0.5, 0.6) is 0 Å². The molecule has 106 valence electrons. The summed E-state index contributed by atoms with van der Waals surface area (Å²) in [5.41, 5.74) is 0.0933. The Kier molecular flexibility index (Phi) is 5.50. The molecule has 1 N–H and O–H groups in total. The van der Waals surface area contributed by atoms with E-state index in [1.807, 2.05) is 0 Å². The minimum absolute atomic E-state index is 0.0933. The molecule has 0 aromatic carbocycles. The standard InChI is InChI=1S/C16H31NO/c1-3-11-17-15(13-14-8-4-5-9-14)16(2)10-6-7-12-18-16/h14-15,17H,3-13H2,1-2H3. The molecule has 1 saturated carbocycles. The van der Waals surface area contributed by atoms with Crippen molar-refractivity contribution in [1.29, 1.82) is 0 Å². The van der Waals surface area contributed by atoms with Crippen molar-refractivity contribution in [3.05, 3.63) is 0 Å². The topological polar surface area (TPSA) is 21.3 Å². The maximum atomic E-state index is 6.17. The van der Waals surface area contributed by atoms with Crippen LogP contribution in [0.15, 0.2) is 0 Å². The summed E-state index contributed by atoms with van der Waals surface area (Å²) in [5.74, 6) is 0.946. The van der Waals surface area contributed by atoms with Crippen molar-refractivity contribution >= 4 is 0 Å². The molecule has 2 unspecified atom stereocenters. The lowest BCUT2D eigenvalue weighted by atomic mass is 9.82. The van der Waals surface area contributed by atoms with Crippen LogP contribution >= 0.6 is 0 Å². The first-order chi connectivity index (χ1) is 8.74. The Hall–Kier alpha value is -0.0800. The lowest BCUT2D eigenvalue weighted by Gasteiger charge is -2.42. The van der Waals surface area contributed by atoms with Crippen LogP contribution in [0.3, 0.4) is 0 Å². The van der Waals surface area contributed by atoms with Crippen LogP contribution in [-0.2, 0) is 4.74 Å². The number of hydrogen-bond donors (Lipinski definition) is 1. The van der Waals surface area contributed by atoms with Crippen molar-refractivity contribution < 1.29 is 4.74 Å². The van der Waals surface area contributed by atoms with Gasteiger partial charge in [0.1, 0.15) is 0 Å². The van der Waals surface area contributed by atoms with Gasteiger partial charge in [0.05, 0.1) is 5.60 Å². The van der Waals surface area contributed by atoms with E-state index in [2.05, 4.69) is 19.2 Å². The van der Waals surface area contributed by atoms with Gasteiger partial charge in [-0.05, 0) is 51.5 Å². The zero-order valence-electron chi connectivity index (χ0n) is 12.3. The van der Waals surface area contributed by atoms with Gasteiger partial charge in [0.15, 0.2) is 0 Å². The fraction of sp³-hybridized carbons (Fsp3) is 1.00. The third kappa shape index (κ3) is 3.71. The van der Waals surface area contributed by atoms with Gasteiger partial charge in [-0.2, -0.15) is 0 Å². The largest absolute Gasteiger partial charge is 0.374 e. The van der Waals surface area contributed by atoms with E-state index >= 15 is 0 Å². The summed E-state index contributed by atoms with van der Waals surface area (Å²) in [5, 5.41) is 3.78. The predicted octanol–water partition coefficient (Wildman–Crippen LogP) is 3.89. The Morgan fingerprint density at radius 1 is 1.22 bits per heavy atom. The van der Waals surface area contributed by atoms with Crippen LogP contribution in [0.25, 0.3) is 0 Å². The van der Waals surface area contributed by atoms with E-state index in [9.17, 15) is 0 Å². The molecule has 0 spiro atoms. The molecule has 1 aliphatic carbocycles. The molecule has 0 amide bonds. The molecule has 18 heavy (non-hydrogen) atoms. The highest BCUT2D eigenvalue weighted by Gasteiger charge is 2.37. The highest BCUT2D eigenvalue weighted by atomic mass is 16.5. The van der Waals surface area contributed by atoms with Crippen LogP contribution < -0.4 is 5.32 Å². The van der Waals surface area contributed by atoms with E-state index in [4.69, 9.17) is 4.74 Å². The number of rotatable bonds is 6. The monoisotopic (exact) mass is 253 g/mol. The fourth-order valence-corrected chi connectivity index (χ4v) is 3.68. The summed E-state index contributed by atoms with van der Waals surface area (Å²) in [6.45, 7) is 6.69. The van der Waals surface area contributed by atoms with E-state index in [1.54, 1.807) is 0 Å². The lowest BCUT2D eigenvalue weighted by molar-refractivity contribution is -0.0925. The summed E-state index contributed by atoms with van der Waals surface area (Å²) in [6.07, 6.45) is 12.2. The number of ether oxygens (including phenoxy) is 1. The molecule has 2 atom stereocenters. The van der Waals surface area contributed by atoms with Crippen molar-refractivity contribution in [2.75, 3.05) is 13.2 Å². The Labute approximate surface area is 113 Å². The third-order valence-corrected chi connectivity index (χ3v) is 4.92. The normalized spacial score (nSPS) is 31.7. The average molecular weight is 253 g/mol. The predicted molar refractivity (Wildman–Crippen MR) is 76.9 cm³/mol. The average Bonchev–Trinajstić information content (AvgIpc) is 2.88. The van der Waals surface area contributed by atoms with E-state index in [1.165, 1.54) is 57.8 Å². The second kappa shape index (κ2) is 6.91. The zero-order chi connectivity index (χ0) is 12.8. The van der Waals surface area contributed by atoms with Crippen LogP contribution in [0.1, 0.15) is 71.6 Å². The van der Waals surface area contributed by atoms with E-state index < -0.39 is 0 Å². The highest BCUT2D eigenvalue weighted by Crippen LogP contribution is 2.35. The fourth-order valence-electron chi connectivity index (χ4n) is 3.68. The molecule has 2 rings (SSSR count). The zero-order valence-corrected chi connectivity index (χ0v) is 12.3. The number of hydrogen-bond acceptors (Lipinski definition) is 2. The lowest BCUT2D eigenvalue weighted by Crippen LogP contribution is -2.53. The van der Waals surface area contributed by atoms with Crippen molar-refractivity contribution in [2.45, 2.75) is 83.3 Å². The van der Waals surface area contributed by atoms with Gasteiger partial charge in [0, 0.05) is 12.6 Å². The summed E-state index contributed by atoms with van der Waals surface area (Å²) in [4.78, 5) is 0.